The van der Waals surface area contributed by atoms with Crippen molar-refractivity contribution in [1.29, 1.82) is 0 Å². The molecule has 84 valence electrons. The summed E-state index contributed by atoms with van der Waals surface area (Å²) in [5.41, 5.74) is 5.31. The number of aryl methyl sites for hydroxylation is 1. The van der Waals surface area contributed by atoms with Crippen molar-refractivity contribution in [3.8, 4) is 0 Å². The number of aromatic nitrogens is 4. The zero-order chi connectivity index (χ0) is 11.9. The summed E-state index contributed by atoms with van der Waals surface area (Å²) in [6.07, 6.45) is 2.73. The van der Waals surface area contributed by atoms with Gasteiger partial charge in [-0.25, -0.2) is 4.98 Å². The molecule has 16 heavy (non-hydrogen) atoms. The Balaban J connectivity index is 2.71. The van der Waals surface area contributed by atoms with Crippen molar-refractivity contribution in [2.24, 2.45) is 12.8 Å². The van der Waals surface area contributed by atoms with Crippen LogP contribution in [0.4, 0.5) is 0 Å². The molecule has 2 rings (SSSR count). The first kappa shape index (κ1) is 10.3. The maximum absolute atomic E-state index is 11.9. The molecule has 0 radical (unpaired) electrons. The van der Waals surface area contributed by atoms with E-state index < -0.39 is 11.9 Å². The van der Waals surface area contributed by atoms with Crippen LogP contribution in [-0.4, -0.2) is 25.2 Å². The van der Waals surface area contributed by atoms with Crippen LogP contribution in [0.1, 0.15) is 13.0 Å². The van der Waals surface area contributed by atoms with Gasteiger partial charge in [0.25, 0.3) is 5.56 Å². The molecule has 0 aliphatic heterocycles. The number of fused-ring (bicyclic) bond motifs is 1. The summed E-state index contributed by atoms with van der Waals surface area (Å²) in [6, 6.07) is -0.718. The van der Waals surface area contributed by atoms with Crippen LogP contribution in [0.15, 0.2) is 17.3 Å². The second-order valence-electron chi connectivity index (χ2n) is 3.54. The van der Waals surface area contributed by atoms with Crippen LogP contribution < -0.4 is 11.3 Å². The third-order valence-corrected chi connectivity index (χ3v) is 2.51. The SMILES string of the molecule is CC(C(N)=O)n1cnc2c(cnn2C)c1=O. The first-order valence-electron chi connectivity index (χ1n) is 4.70. The topological polar surface area (TPSA) is 95.8 Å². The highest BCUT2D eigenvalue weighted by Gasteiger charge is 2.15. The summed E-state index contributed by atoms with van der Waals surface area (Å²) in [5, 5.41) is 4.30. The van der Waals surface area contributed by atoms with Gasteiger partial charge in [0.2, 0.25) is 5.91 Å². The normalized spacial score (nSPS) is 12.9. The van der Waals surface area contributed by atoms with Crippen LogP contribution in [0.2, 0.25) is 0 Å². The highest BCUT2D eigenvalue weighted by Crippen LogP contribution is 2.06. The number of carbonyl (C=O) groups excluding carboxylic acids is 1. The number of nitrogens with zero attached hydrogens (tertiary/aromatic N) is 4. The summed E-state index contributed by atoms with van der Waals surface area (Å²) >= 11 is 0. The Labute approximate surface area is 90.5 Å². The summed E-state index contributed by atoms with van der Waals surface area (Å²) in [6.45, 7) is 1.55. The zero-order valence-electron chi connectivity index (χ0n) is 8.91. The van der Waals surface area contributed by atoms with Crippen LogP contribution in [-0.2, 0) is 11.8 Å². The Kier molecular flexibility index (Phi) is 2.22. The minimum absolute atomic E-state index is 0.315. The minimum Gasteiger partial charge on any atom is -0.368 e. The average Bonchev–Trinajstić information content (AvgIpc) is 2.61. The molecule has 2 heterocycles. The van der Waals surface area contributed by atoms with Crippen molar-refractivity contribution >= 4 is 16.9 Å². The second kappa shape index (κ2) is 3.44. The predicted octanol–water partition coefficient (Wildman–Crippen LogP) is -0.824. The Morgan fingerprint density at radius 2 is 2.25 bits per heavy atom. The van der Waals surface area contributed by atoms with Gasteiger partial charge in [-0.2, -0.15) is 5.10 Å². The van der Waals surface area contributed by atoms with E-state index >= 15 is 0 Å². The Morgan fingerprint density at radius 3 is 2.88 bits per heavy atom. The number of nitrogens with two attached hydrogens (primary N) is 1. The zero-order valence-corrected chi connectivity index (χ0v) is 8.91. The van der Waals surface area contributed by atoms with Crippen molar-refractivity contribution in [1.82, 2.24) is 19.3 Å². The molecule has 0 saturated heterocycles. The first-order valence-corrected chi connectivity index (χ1v) is 4.70. The lowest BCUT2D eigenvalue weighted by molar-refractivity contribution is -0.120. The second-order valence-corrected chi connectivity index (χ2v) is 3.54. The molecule has 0 aromatic carbocycles. The van der Waals surface area contributed by atoms with E-state index in [2.05, 4.69) is 10.1 Å². The molecule has 2 aromatic heterocycles. The van der Waals surface area contributed by atoms with Gasteiger partial charge in [0.1, 0.15) is 17.8 Å². The van der Waals surface area contributed by atoms with Gasteiger partial charge in [-0.05, 0) is 6.92 Å². The third kappa shape index (κ3) is 1.37. The van der Waals surface area contributed by atoms with E-state index in [-0.39, 0.29) is 5.56 Å². The number of carbonyl (C=O) groups is 1. The fourth-order valence-electron chi connectivity index (χ4n) is 1.46. The lowest BCUT2D eigenvalue weighted by atomic mass is 10.3. The molecule has 0 bridgehead atoms. The van der Waals surface area contributed by atoms with E-state index in [1.165, 1.54) is 21.8 Å². The van der Waals surface area contributed by atoms with Crippen LogP contribution >= 0.6 is 0 Å². The van der Waals surface area contributed by atoms with E-state index in [9.17, 15) is 9.59 Å². The Bertz CT molecular complexity index is 612. The molecule has 0 fully saturated rings. The van der Waals surface area contributed by atoms with Crippen molar-refractivity contribution in [3.05, 3.63) is 22.9 Å². The fourth-order valence-corrected chi connectivity index (χ4v) is 1.46. The quantitative estimate of drug-likeness (QED) is 0.716. The van der Waals surface area contributed by atoms with Crippen molar-refractivity contribution in [2.75, 3.05) is 0 Å². The van der Waals surface area contributed by atoms with Gasteiger partial charge in [-0.1, -0.05) is 0 Å². The smallest absolute Gasteiger partial charge is 0.265 e. The maximum atomic E-state index is 11.9. The molecule has 7 nitrogen and oxygen atoms in total. The lowest BCUT2D eigenvalue weighted by Crippen LogP contribution is -2.32. The van der Waals surface area contributed by atoms with E-state index in [0.717, 1.165) is 0 Å². The van der Waals surface area contributed by atoms with Gasteiger partial charge >= 0.3 is 0 Å². The van der Waals surface area contributed by atoms with E-state index in [1.807, 2.05) is 0 Å². The number of rotatable bonds is 2. The molecule has 1 atom stereocenters. The van der Waals surface area contributed by atoms with Gasteiger partial charge in [-0.3, -0.25) is 18.8 Å². The molecule has 1 amide bonds. The molecule has 0 aliphatic carbocycles. The van der Waals surface area contributed by atoms with Gasteiger partial charge in [-0.15, -0.1) is 0 Å². The maximum Gasteiger partial charge on any atom is 0.265 e. The van der Waals surface area contributed by atoms with Gasteiger partial charge in [0.05, 0.1) is 6.20 Å². The standard InChI is InChI=1S/C9H11N5O2/c1-5(7(10)15)14-4-11-8-6(9(14)16)3-12-13(8)2/h3-5H,1-2H3,(H2,10,15). The van der Waals surface area contributed by atoms with Crippen molar-refractivity contribution < 1.29 is 4.79 Å². The predicted molar refractivity (Wildman–Crippen MR) is 56.7 cm³/mol. The number of amides is 1. The third-order valence-electron chi connectivity index (χ3n) is 2.51. The summed E-state index contributed by atoms with van der Waals surface area (Å²) in [5.74, 6) is -0.577. The van der Waals surface area contributed by atoms with Crippen LogP contribution in [0.25, 0.3) is 11.0 Å². The van der Waals surface area contributed by atoms with Gasteiger partial charge in [0, 0.05) is 7.05 Å². The minimum atomic E-state index is -0.718. The van der Waals surface area contributed by atoms with E-state index in [0.29, 0.717) is 11.0 Å². The van der Waals surface area contributed by atoms with Crippen LogP contribution in [0.3, 0.4) is 0 Å². The molecule has 2 N–H and O–H groups in total. The van der Waals surface area contributed by atoms with E-state index in [1.54, 1.807) is 14.0 Å². The first-order chi connectivity index (χ1) is 7.52. The number of hydrogen-bond donors (Lipinski definition) is 1. The highest BCUT2D eigenvalue weighted by atomic mass is 16.2. The Morgan fingerprint density at radius 1 is 1.56 bits per heavy atom. The number of hydrogen-bond acceptors (Lipinski definition) is 4. The largest absolute Gasteiger partial charge is 0.368 e. The fraction of sp³-hybridized carbons (Fsp3) is 0.333. The van der Waals surface area contributed by atoms with E-state index in [4.69, 9.17) is 5.73 Å². The van der Waals surface area contributed by atoms with Gasteiger partial charge < -0.3 is 5.73 Å². The summed E-state index contributed by atoms with van der Waals surface area (Å²) in [7, 11) is 1.69. The van der Waals surface area contributed by atoms with Crippen molar-refractivity contribution in [2.45, 2.75) is 13.0 Å². The molecule has 1 unspecified atom stereocenters. The number of primary amides is 1. The van der Waals surface area contributed by atoms with Crippen molar-refractivity contribution in [3.63, 3.8) is 0 Å². The average molecular weight is 221 g/mol. The molecule has 2 aromatic rings. The lowest BCUT2D eigenvalue weighted by Gasteiger charge is -2.10. The Hall–Kier alpha value is -2.18. The van der Waals surface area contributed by atoms with Crippen LogP contribution in [0.5, 0.6) is 0 Å². The summed E-state index contributed by atoms with van der Waals surface area (Å²) in [4.78, 5) is 27.0. The molecule has 0 saturated carbocycles. The molecule has 7 heteroatoms. The monoisotopic (exact) mass is 221 g/mol. The molecular weight excluding hydrogens is 210 g/mol. The van der Waals surface area contributed by atoms with Gasteiger partial charge in [0.15, 0.2) is 5.65 Å². The molecule has 0 spiro atoms. The summed E-state index contributed by atoms with van der Waals surface area (Å²) < 4.78 is 2.70. The highest BCUT2D eigenvalue weighted by molar-refractivity contribution is 5.79. The molecular formula is C9H11N5O2. The molecule has 0 aliphatic rings. The van der Waals surface area contributed by atoms with Crippen LogP contribution in [0, 0.1) is 0 Å².